The molecular weight excluding hydrogens is 243 g/mol. The summed E-state index contributed by atoms with van der Waals surface area (Å²) >= 11 is 5.77. The molecule has 1 fully saturated rings. The van der Waals surface area contributed by atoms with E-state index in [0.717, 1.165) is 0 Å². The Labute approximate surface area is 95.4 Å². The molecular formula is C9H11ClF3N3. The first-order chi connectivity index (χ1) is 7.36. The molecule has 3 nitrogen and oxygen atoms in total. The Bertz CT molecular complexity index is 395. The van der Waals surface area contributed by atoms with Gasteiger partial charge in [-0.1, -0.05) is 11.6 Å². The van der Waals surface area contributed by atoms with Crippen molar-refractivity contribution in [3.8, 4) is 0 Å². The minimum atomic E-state index is -4.13. The first kappa shape index (κ1) is 11.6. The van der Waals surface area contributed by atoms with Crippen molar-refractivity contribution in [1.82, 2.24) is 9.78 Å². The van der Waals surface area contributed by atoms with Crippen LogP contribution in [0.1, 0.15) is 19.3 Å². The molecule has 1 heterocycles. The van der Waals surface area contributed by atoms with E-state index in [-0.39, 0.29) is 31.0 Å². The highest BCUT2D eigenvalue weighted by atomic mass is 35.5. The monoisotopic (exact) mass is 253 g/mol. The lowest BCUT2D eigenvalue weighted by Crippen LogP contribution is -2.26. The molecule has 0 radical (unpaired) electrons. The van der Waals surface area contributed by atoms with E-state index < -0.39 is 11.6 Å². The zero-order chi connectivity index (χ0) is 12.0. The lowest BCUT2D eigenvalue weighted by molar-refractivity contribution is -0.189. The Morgan fingerprint density at radius 1 is 1.50 bits per heavy atom. The molecule has 16 heavy (non-hydrogen) atoms. The Morgan fingerprint density at radius 2 is 2.12 bits per heavy atom. The van der Waals surface area contributed by atoms with E-state index in [1.165, 1.54) is 10.9 Å². The van der Waals surface area contributed by atoms with Crippen LogP contribution in [-0.4, -0.2) is 16.0 Å². The molecule has 2 rings (SSSR count). The Balaban J connectivity index is 2.01. The topological polar surface area (TPSA) is 43.8 Å². The van der Waals surface area contributed by atoms with Gasteiger partial charge >= 0.3 is 6.18 Å². The summed E-state index contributed by atoms with van der Waals surface area (Å²) < 4.78 is 39.2. The van der Waals surface area contributed by atoms with Crippen LogP contribution < -0.4 is 5.73 Å². The molecule has 2 N–H and O–H groups in total. The summed E-state index contributed by atoms with van der Waals surface area (Å²) in [5.41, 5.74) is 4.22. The van der Waals surface area contributed by atoms with Gasteiger partial charge in [0.15, 0.2) is 0 Å². The Morgan fingerprint density at radius 3 is 2.50 bits per heavy atom. The van der Waals surface area contributed by atoms with E-state index in [1.54, 1.807) is 0 Å². The summed E-state index contributed by atoms with van der Waals surface area (Å²) in [6, 6.07) is 0. The fourth-order valence-corrected chi connectivity index (χ4v) is 1.86. The molecule has 0 amide bonds. The third-order valence-corrected chi connectivity index (χ3v) is 3.47. The van der Waals surface area contributed by atoms with Gasteiger partial charge in [0.2, 0.25) is 0 Å². The van der Waals surface area contributed by atoms with Crippen LogP contribution in [-0.2, 0) is 6.54 Å². The third-order valence-electron chi connectivity index (χ3n) is 3.06. The fourth-order valence-electron chi connectivity index (χ4n) is 1.69. The van der Waals surface area contributed by atoms with Crippen molar-refractivity contribution in [1.29, 1.82) is 0 Å². The van der Waals surface area contributed by atoms with E-state index in [0.29, 0.717) is 5.69 Å². The molecule has 1 aliphatic rings. The van der Waals surface area contributed by atoms with E-state index in [1.807, 2.05) is 0 Å². The highest BCUT2D eigenvalue weighted by molar-refractivity contribution is 6.31. The maximum absolute atomic E-state index is 12.6. The van der Waals surface area contributed by atoms with Gasteiger partial charge in [-0.3, -0.25) is 4.68 Å². The molecule has 0 unspecified atom stereocenters. The van der Waals surface area contributed by atoms with Gasteiger partial charge in [-0.25, -0.2) is 0 Å². The van der Waals surface area contributed by atoms with Crippen molar-refractivity contribution in [2.75, 3.05) is 5.73 Å². The van der Waals surface area contributed by atoms with Crippen LogP contribution >= 0.6 is 11.6 Å². The van der Waals surface area contributed by atoms with Crippen molar-refractivity contribution < 1.29 is 13.2 Å². The van der Waals surface area contributed by atoms with Gasteiger partial charge < -0.3 is 5.73 Å². The van der Waals surface area contributed by atoms with Crippen molar-refractivity contribution in [3.63, 3.8) is 0 Å². The van der Waals surface area contributed by atoms with Crippen LogP contribution in [0.3, 0.4) is 0 Å². The highest BCUT2D eigenvalue weighted by Crippen LogP contribution is 2.60. The summed E-state index contributed by atoms with van der Waals surface area (Å²) in [5.74, 6) is 0. The van der Waals surface area contributed by atoms with Crippen molar-refractivity contribution >= 4 is 17.3 Å². The fraction of sp³-hybridized carbons (Fsp3) is 0.667. The lowest BCUT2D eigenvalue weighted by Gasteiger charge is -2.18. The lowest BCUT2D eigenvalue weighted by atomic mass is 10.0. The maximum atomic E-state index is 12.6. The van der Waals surface area contributed by atoms with Gasteiger partial charge in [0.1, 0.15) is 5.15 Å². The van der Waals surface area contributed by atoms with E-state index in [4.69, 9.17) is 17.3 Å². The number of nitrogens with two attached hydrogens (primary N) is 1. The number of nitrogen functional groups attached to an aromatic ring is 1. The van der Waals surface area contributed by atoms with Crippen molar-refractivity contribution in [2.45, 2.75) is 32.0 Å². The molecule has 1 saturated carbocycles. The largest absolute Gasteiger partial charge is 0.395 e. The second kappa shape index (κ2) is 3.55. The van der Waals surface area contributed by atoms with Crippen LogP contribution in [0.2, 0.25) is 5.15 Å². The number of nitrogens with zero attached hydrogens (tertiary/aromatic N) is 2. The number of alkyl halides is 3. The third kappa shape index (κ3) is 1.86. The zero-order valence-corrected chi connectivity index (χ0v) is 9.15. The first-order valence-corrected chi connectivity index (χ1v) is 5.27. The van der Waals surface area contributed by atoms with Crippen LogP contribution in [0.25, 0.3) is 0 Å². The van der Waals surface area contributed by atoms with Gasteiger partial charge in [-0.2, -0.15) is 18.3 Å². The van der Waals surface area contributed by atoms with Gasteiger partial charge in [-0.05, 0) is 19.3 Å². The minimum Gasteiger partial charge on any atom is -0.395 e. The number of halogens is 4. The summed E-state index contributed by atoms with van der Waals surface area (Å²) in [5, 5.41) is 4.03. The van der Waals surface area contributed by atoms with Crippen LogP contribution in [0.4, 0.5) is 18.9 Å². The molecule has 7 heteroatoms. The predicted octanol–water partition coefficient (Wildman–Crippen LogP) is 2.85. The highest BCUT2D eigenvalue weighted by Gasteiger charge is 2.62. The summed E-state index contributed by atoms with van der Waals surface area (Å²) in [6.07, 6.45) is -2.37. The molecule has 0 aliphatic heterocycles. The number of hydrogen-bond donors (Lipinski definition) is 1. The molecule has 0 atom stereocenters. The first-order valence-electron chi connectivity index (χ1n) is 4.89. The van der Waals surface area contributed by atoms with Crippen LogP contribution in [0.15, 0.2) is 6.20 Å². The van der Waals surface area contributed by atoms with Gasteiger partial charge in [0.05, 0.1) is 17.3 Å². The number of aryl methyl sites for hydroxylation is 1. The summed E-state index contributed by atoms with van der Waals surface area (Å²) in [6.45, 7) is 0.148. The van der Waals surface area contributed by atoms with E-state index >= 15 is 0 Å². The summed E-state index contributed by atoms with van der Waals surface area (Å²) in [7, 11) is 0. The number of rotatable bonds is 3. The molecule has 90 valence electrons. The number of anilines is 1. The van der Waals surface area contributed by atoms with Crippen molar-refractivity contribution in [2.24, 2.45) is 5.41 Å². The smallest absolute Gasteiger partial charge is 0.394 e. The molecule has 1 aromatic rings. The van der Waals surface area contributed by atoms with Gasteiger partial charge in [-0.15, -0.1) is 0 Å². The molecule has 1 aromatic heterocycles. The standard InChI is InChI=1S/C9H11ClF3N3/c10-7-6(14)5-15-16(7)4-3-8(1-2-8)9(11,12)13/h5H,1-4,14H2. The number of hydrogen-bond acceptors (Lipinski definition) is 2. The van der Waals surface area contributed by atoms with Gasteiger partial charge in [0.25, 0.3) is 0 Å². The minimum absolute atomic E-state index is 0.0112. The normalized spacial score (nSPS) is 18.8. The zero-order valence-electron chi connectivity index (χ0n) is 8.39. The molecule has 0 spiro atoms. The quantitative estimate of drug-likeness (QED) is 0.900. The Kier molecular flexibility index (Phi) is 2.57. The average molecular weight is 254 g/mol. The van der Waals surface area contributed by atoms with Crippen molar-refractivity contribution in [3.05, 3.63) is 11.3 Å². The van der Waals surface area contributed by atoms with Crippen LogP contribution in [0, 0.1) is 5.41 Å². The molecule has 0 saturated heterocycles. The summed E-state index contributed by atoms with van der Waals surface area (Å²) in [4.78, 5) is 0. The van der Waals surface area contributed by atoms with Gasteiger partial charge in [0, 0.05) is 6.54 Å². The second-order valence-corrected chi connectivity index (χ2v) is 4.50. The Hall–Kier alpha value is -0.910. The average Bonchev–Trinajstić information content (AvgIpc) is 2.91. The SMILES string of the molecule is Nc1cnn(CCC2(C(F)(F)F)CC2)c1Cl. The van der Waals surface area contributed by atoms with E-state index in [9.17, 15) is 13.2 Å². The maximum Gasteiger partial charge on any atom is 0.394 e. The molecule has 1 aliphatic carbocycles. The molecule has 0 bridgehead atoms. The second-order valence-electron chi connectivity index (χ2n) is 4.14. The number of aromatic nitrogens is 2. The molecule has 0 aromatic carbocycles. The van der Waals surface area contributed by atoms with Crippen LogP contribution in [0.5, 0.6) is 0 Å². The van der Waals surface area contributed by atoms with E-state index in [2.05, 4.69) is 5.10 Å². The predicted molar refractivity (Wildman–Crippen MR) is 54.0 cm³/mol.